The smallest absolute Gasteiger partial charge is 0.275 e. The highest BCUT2D eigenvalue weighted by Gasteiger charge is 2.57. The third-order valence-electron chi connectivity index (χ3n) is 5.05. The molecule has 1 aliphatic carbocycles. The van der Waals surface area contributed by atoms with Crippen molar-refractivity contribution in [2.75, 3.05) is 4.90 Å². The van der Waals surface area contributed by atoms with E-state index in [1.807, 2.05) is 24.3 Å². The van der Waals surface area contributed by atoms with E-state index in [0.717, 1.165) is 36.3 Å². The number of benzene rings is 1. The Morgan fingerprint density at radius 2 is 1.92 bits per heavy atom. The summed E-state index contributed by atoms with van der Waals surface area (Å²) in [7, 11) is 0. The van der Waals surface area contributed by atoms with Gasteiger partial charge in [-0.25, -0.2) is 0 Å². The topological polar surface area (TPSA) is 78.5 Å². The van der Waals surface area contributed by atoms with Crippen molar-refractivity contribution in [2.45, 2.75) is 48.3 Å². The van der Waals surface area contributed by atoms with Crippen LogP contribution >= 0.6 is 11.8 Å². The normalized spacial score (nSPS) is 25.5. The highest BCUT2D eigenvalue weighted by atomic mass is 32.2. The van der Waals surface area contributed by atoms with E-state index in [0.29, 0.717) is 12.8 Å². The molecule has 3 amide bonds. The van der Waals surface area contributed by atoms with Crippen molar-refractivity contribution >= 4 is 35.2 Å². The molecule has 4 rings (SSSR count). The van der Waals surface area contributed by atoms with E-state index in [9.17, 15) is 14.4 Å². The van der Waals surface area contributed by atoms with Gasteiger partial charge < -0.3 is 0 Å². The van der Waals surface area contributed by atoms with Crippen LogP contribution in [0.15, 0.2) is 29.2 Å². The number of carbonyl (C=O) groups is 3. The van der Waals surface area contributed by atoms with Crippen LogP contribution in [-0.2, 0) is 14.4 Å². The maximum atomic E-state index is 12.8. The summed E-state index contributed by atoms with van der Waals surface area (Å²) in [6.45, 7) is 0. The quantitative estimate of drug-likeness (QED) is 0.803. The summed E-state index contributed by atoms with van der Waals surface area (Å²) >= 11 is 1.39. The minimum Gasteiger partial charge on any atom is -0.287 e. The first-order valence-corrected chi connectivity index (χ1v) is 9.15. The van der Waals surface area contributed by atoms with Gasteiger partial charge in [0.1, 0.15) is 0 Å². The fourth-order valence-corrected chi connectivity index (χ4v) is 5.22. The second kappa shape index (κ2) is 5.81. The second-order valence-corrected chi connectivity index (χ2v) is 7.83. The lowest BCUT2D eigenvalue weighted by Gasteiger charge is -2.29. The van der Waals surface area contributed by atoms with Crippen molar-refractivity contribution in [1.29, 1.82) is 0 Å². The minimum atomic E-state index is -0.982. The predicted molar refractivity (Wildman–Crippen MR) is 90.0 cm³/mol. The molecule has 0 unspecified atom stereocenters. The molecule has 7 heteroatoms. The molecule has 2 aliphatic heterocycles. The largest absolute Gasteiger partial charge is 0.287 e. The zero-order valence-corrected chi connectivity index (χ0v) is 14.0. The third-order valence-corrected chi connectivity index (χ3v) is 6.53. The molecule has 6 nitrogen and oxygen atoms in total. The minimum absolute atomic E-state index is 0.0162. The SMILES string of the molecule is O=C(NNC(=O)[C@@]12CCC(=O)N1c1ccccc1S2)C1CCCC1. The first kappa shape index (κ1) is 15.5. The van der Waals surface area contributed by atoms with Crippen molar-refractivity contribution in [3.05, 3.63) is 24.3 Å². The lowest BCUT2D eigenvalue weighted by molar-refractivity contribution is -0.132. The number of hydrogen-bond donors (Lipinski definition) is 2. The molecule has 1 atom stereocenters. The molecule has 0 bridgehead atoms. The van der Waals surface area contributed by atoms with E-state index < -0.39 is 4.87 Å². The van der Waals surface area contributed by atoms with Crippen LogP contribution < -0.4 is 15.8 Å². The molecule has 1 aromatic carbocycles. The zero-order valence-electron chi connectivity index (χ0n) is 13.2. The van der Waals surface area contributed by atoms with Crippen LogP contribution in [0.1, 0.15) is 38.5 Å². The molecule has 3 aliphatic rings. The summed E-state index contributed by atoms with van der Waals surface area (Å²) in [6, 6.07) is 7.53. The van der Waals surface area contributed by atoms with Crippen LogP contribution in [0, 0.1) is 5.92 Å². The van der Waals surface area contributed by atoms with Crippen LogP contribution in [0.25, 0.3) is 0 Å². The number of thioether (sulfide) groups is 1. The molecule has 0 radical (unpaired) electrons. The third kappa shape index (κ3) is 2.30. The molecule has 2 heterocycles. The number of hydrazine groups is 1. The van der Waals surface area contributed by atoms with Crippen LogP contribution in [-0.4, -0.2) is 22.6 Å². The van der Waals surface area contributed by atoms with Crippen LogP contribution in [0.2, 0.25) is 0 Å². The highest BCUT2D eigenvalue weighted by molar-refractivity contribution is 8.02. The van der Waals surface area contributed by atoms with Gasteiger partial charge in [0, 0.05) is 17.2 Å². The maximum Gasteiger partial charge on any atom is 0.275 e. The standard InChI is InChI=1S/C17H19N3O3S/c21-14-9-10-17(20(14)12-7-3-4-8-13(12)24-17)16(23)19-18-15(22)11-5-1-2-6-11/h3-4,7-8,11H,1-2,5-6,9-10H2,(H,18,22)(H,19,23)/t17-/m0/s1. The maximum absolute atomic E-state index is 12.8. The Kier molecular flexibility index (Phi) is 3.75. The van der Waals surface area contributed by atoms with Gasteiger partial charge in [-0.05, 0) is 31.4 Å². The van der Waals surface area contributed by atoms with Gasteiger partial charge in [0.25, 0.3) is 5.91 Å². The number of carbonyl (C=O) groups excluding carboxylic acids is 3. The fourth-order valence-electron chi connectivity index (χ4n) is 3.80. The molecule has 2 fully saturated rings. The van der Waals surface area contributed by atoms with E-state index in [4.69, 9.17) is 0 Å². The molecule has 126 valence electrons. The lowest BCUT2D eigenvalue weighted by Crippen LogP contribution is -2.57. The van der Waals surface area contributed by atoms with E-state index in [-0.39, 0.29) is 23.6 Å². The Labute approximate surface area is 144 Å². The summed E-state index contributed by atoms with van der Waals surface area (Å²) in [5.41, 5.74) is 5.91. The molecule has 24 heavy (non-hydrogen) atoms. The van der Waals surface area contributed by atoms with Gasteiger partial charge >= 0.3 is 0 Å². The monoisotopic (exact) mass is 345 g/mol. The Morgan fingerprint density at radius 1 is 1.17 bits per heavy atom. The molecule has 1 saturated heterocycles. The van der Waals surface area contributed by atoms with Gasteiger partial charge in [0.2, 0.25) is 11.8 Å². The van der Waals surface area contributed by atoms with Gasteiger partial charge in [-0.15, -0.1) is 0 Å². The summed E-state index contributed by atoms with van der Waals surface area (Å²) in [4.78, 5) is 38.8. The number of hydrogen-bond acceptors (Lipinski definition) is 4. The van der Waals surface area contributed by atoms with Gasteiger partial charge in [-0.3, -0.25) is 30.1 Å². The van der Waals surface area contributed by atoms with Gasteiger partial charge in [-0.2, -0.15) is 0 Å². The van der Waals surface area contributed by atoms with Crippen molar-refractivity contribution < 1.29 is 14.4 Å². The first-order chi connectivity index (χ1) is 11.6. The van der Waals surface area contributed by atoms with E-state index in [2.05, 4.69) is 10.9 Å². The van der Waals surface area contributed by atoms with Crippen LogP contribution in [0.4, 0.5) is 5.69 Å². The second-order valence-electron chi connectivity index (χ2n) is 6.51. The zero-order chi connectivity index (χ0) is 16.7. The molecule has 1 aromatic rings. The number of rotatable bonds is 2. The summed E-state index contributed by atoms with van der Waals surface area (Å²) in [5.74, 6) is -0.531. The van der Waals surface area contributed by atoms with Gasteiger partial charge in [0.05, 0.1) is 5.69 Å². The van der Waals surface area contributed by atoms with E-state index in [1.54, 1.807) is 4.90 Å². The lowest BCUT2D eigenvalue weighted by atomic mass is 10.1. The molecule has 1 saturated carbocycles. The van der Waals surface area contributed by atoms with E-state index >= 15 is 0 Å². The number of para-hydroxylation sites is 1. The van der Waals surface area contributed by atoms with Crippen LogP contribution in [0.5, 0.6) is 0 Å². The van der Waals surface area contributed by atoms with Crippen molar-refractivity contribution in [3.8, 4) is 0 Å². The number of fused-ring (bicyclic) bond motifs is 3. The molecule has 0 spiro atoms. The average Bonchev–Trinajstić information content (AvgIpc) is 3.28. The molecule has 2 N–H and O–H groups in total. The Balaban J connectivity index is 1.51. The summed E-state index contributed by atoms with van der Waals surface area (Å²) in [5, 5.41) is 0. The predicted octanol–water partition coefficient (Wildman–Crippen LogP) is 1.95. The number of nitrogens with zero attached hydrogens (tertiary/aromatic N) is 1. The van der Waals surface area contributed by atoms with Crippen molar-refractivity contribution in [1.82, 2.24) is 10.9 Å². The Hall–Kier alpha value is -2.02. The van der Waals surface area contributed by atoms with Crippen molar-refractivity contribution in [2.24, 2.45) is 5.92 Å². The Bertz CT molecular complexity index is 717. The van der Waals surface area contributed by atoms with E-state index in [1.165, 1.54) is 11.8 Å². The van der Waals surface area contributed by atoms with Gasteiger partial charge in [-0.1, -0.05) is 36.7 Å². The number of nitrogens with one attached hydrogen (secondary N) is 2. The molecular formula is C17H19N3O3S. The number of amides is 3. The fraction of sp³-hybridized carbons (Fsp3) is 0.471. The molecule has 0 aromatic heterocycles. The summed E-state index contributed by atoms with van der Waals surface area (Å²) < 4.78 is 0. The van der Waals surface area contributed by atoms with Crippen molar-refractivity contribution in [3.63, 3.8) is 0 Å². The first-order valence-electron chi connectivity index (χ1n) is 8.33. The summed E-state index contributed by atoms with van der Waals surface area (Å²) in [6.07, 6.45) is 4.64. The van der Waals surface area contributed by atoms with Crippen LogP contribution in [0.3, 0.4) is 0 Å². The molecular weight excluding hydrogens is 326 g/mol. The number of anilines is 1. The highest BCUT2D eigenvalue weighted by Crippen LogP contribution is 2.55. The Morgan fingerprint density at radius 3 is 2.71 bits per heavy atom. The van der Waals surface area contributed by atoms with Gasteiger partial charge in [0.15, 0.2) is 4.87 Å². The average molecular weight is 345 g/mol.